The molecule has 1 unspecified atom stereocenters. The minimum Gasteiger partial charge on any atom is -0.346 e. The second kappa shape index (κ2) is 5.29. The summed E-state index contributed by atoms with van der Waals surface area (Å²) in [6.45, 7) is 1.33. The monoisotopic (exact) mass is 266 g/mol. The number of rotatable bonds is 2. The van der Waals surface area contributed by atoms with Gasteiger partial charge in [0.2, 0.25) is 5.91 Å². The number of hydrogen-bond acceptors (Lipinski definition) is 2. The molecule has 1 fully saturated rings. The molecular weight excluding hydrogens is 248 g/mol. The molecule has 1 saturated heterocycles. The van der Waals surface area contributed by atoms with Crippen molar-refractivity contribution in [1.29, 1.82) is 0 Å². The van der Waals surface area contributed by atoms with Crippen molar-refractivity contribution in [3.8, 4) is 0 Å². The van der Waals surface area contributed by atoms with E-state index in [4.69, 9.17) is 17.3 Å². The lowest BCUT2D eigenvalue weighted by Crippen LogP contribution is -2.36. The van der Waals surface area contributed by atoms with E-state index in [2.05, 4.69) is 0 Å². The van der Waals surface area contributed by atoms with Crippen LogP contribution >= 0.6 is 11.6 Å². The average Bonchev–Trinajstić information content (AvgIpc) is 2.53. The van der Waals surface area contributed by atoms with E-state index in [-0.39, 0.29) is 11.3 Å². The van der Waals surface area contributed by atoms with Gasteiger partial charge in [0.1, 0.15) is 0 Å². The Morgan fingerprint density at radius 1 is 1.33 bits per heavy atom. The summed E-state index contributed by atoms with van der Waals surface area (Å²) in [5.41, 5.74) is 7.11. The third-order valence-corrected chi connectivity index (χ3v) is 4.27. The van der Waals surface area contributed by atoms with Crippen molar-refractivity contribution in [2.75, 3.05) is 20.1 Å². The van der Waals surface area contributed by atoms with E-state index in [0.717, 1.165) is 24.4 Å². The summed E-state index contributed by atoms with van der Waals surface area (Å²) >= 11 is 5.92. The first-order valence-corrected chi connectivity index (χ1v) is 6.65. The van der Waals surface area contributed by atoms with E-state index in [0.29, 0.717) is 13.0 Å². The Kier molecular flexibility index (Phi) is 3.93. The van der Waals surface area contributed by atoms with Gasteiger partial charge in [-0.25, -0.2) is 0 Å². The van der Waals surface area contributed by atoms with Gasteiger partial charge in [-0.15, -0.1) is 0 Å². The van der Waals surface area contributed by atoms with Gasteiger partial charge in [0.05, 0.1) is 0 Å². The maximum absolute atomic E-state index is 11.8. The molecule has 18 heavy (non-hydrogen) atoms. The van der Waals surface area contributed by atoms with Crippen LogP contribution in [-0.2, 0) is 10.2 Å². The minimum atomic E-state index is -0.0923. The van der Waals surface area contributed by atoms with Crippen LogP contribution < -0.4 is 5.73 Å². The molecule has 2 N–H and O–H groups in total. The van der Waals surface area contributed by atoms with Crippen LogP contribution in [0.1, 0.15) is 24.8 Å². The second-order valence-corrected chi connectivity index (χ2v) is 5.49. The maximum Gasteiger partial charge on any atom is 0.222 e. The fourth-order valence-corrected chi connectivity index (χ4v) is 2.71. The fraction of sp³-hybridized carbons (Fsp3) is 0.500. The molecule has 3 nitrogen and oxygen atoms in total. The second-order valence-electron chi connectivity index (χ2n) is 5.06. The largest absolute Gasteiger partial charge is 0.346 e. The molecule has 0 saturated carbocycles. The number of amides is 1. The summed E-state index contributed by atoms with van der Waals surface area (Å²) in [7, 11) is 1.86. The van der Waals surface area contributed by atoms with Crippen LogP contribution in [0.3, 0.4) is 0 Å². The third-order valence-electron chi connectivity index (χ3n) is 4.02. The number of nitrogens with two attached hydrogens (primary N) is 1. The van der Waals surface area contributed by atoms with Crippen molar-refractivity contribution in [3.05, 3.63) is 34.9 Å². The van der Waals surface area contributed by atoms with Crippen LogP contribution in [0.25, 0.3) is 0 Å². The molecular formula is C14H19ClN2O. The van der Waals surface area contributed by atoms with Crippen LogP contribution in [0, 0.1) is 0 Å². The first kappa shape index (κ1) is 13.4. The molecule has 0 radical (unpaired) electrons. The fourth-order valence-electron chi connectivity index (χ4n) is 2.58. The molecule has 0 aliphatic carbocycles. The summed E-state index contributed by atoms with van der Waals surface area (Å²) in [5, 5.41) is 0.729. The Morgan fingerprint density at radius 3 is 2.61 bits per heavy atom. The predicted octanol–water partition coefficient (Wildman–Crippen LogP) is 2.18. The van der Waals surface area contributed by atoms with Crippen LogP contribution in [0.15, 0.2) is 24.3 Å². The van der Waals surface area contributed by atoms with Gasteiger partial charge in [0.25, 0.3) is 0 Å². The van der Waals surface area contributed by atoms with Gasteiger partial charge >= 0.3 is 0 Å². The first-order valence-electron chi connectivity index (χ1n) is 6.27. The highest BCUT2D eigenvalue weighted by atomic mass is 35.5. The number of halogens is 1. The van der Waals surface area contributed by atoms with Crippen molar-refractivity contribution < 1.29 is 4.79 Å². The molecule has 0 spiro atoms. The van der Waals surface area contributed by atoms with E-state index in [1.165, 1.54) is 5.56 Å². The van der Waals surface area contributed by atoms with Crippen molar-refractivity contribution in [2.45, 2.75) is 24.7 Å². The van der Waals surface area contributed by atoms with E-state index < -0.39 is 0 Å². The predicted molar refractivity (Wildman–Crippen MR) is 73.7 cm³/mol. The Morgan fingerprint density at radius 2 is 2.00 bits per heavy atom. The molecule has 1 amide bonds. The number of carbonyl (C=O) groups is 1. The summed E-state index contributed by atoms with van der Waals surface area (Å²) in [6, 6.07) is 7.85. The lowest BCUT2D eigenvalue weighted by Gasteiger charge is -2.31. The molecule has 1 aromatic carbocycles. The summed E-state index contributed by atoms with van der Waals surface area (Å²) in [6.07, 6.45) is 2.29. The Hall–Kier alpha value is -1.06. The van der Waals surface area contributed by atoms with Gasteiger partial charge in [-0.1, -0.05) is 23.7 Å². The number of carbonyl (C=O) groups excluding carboxylic acids is 1. The lowest BCUT2D eigenvalue weighted by atomic mass is 9.74. The molecule has 2 rings (SSSR count). The van der Waals surface area contributed by atoms with Gasteiger partial charge in [0.15, 0.2) is 0 Å². The molecule has 1 aromatic rings. The molecule has 1 aliphatic rings. The SMILES string of the molecule is CN1CCC(CN)(c2ccc(Cl)cc2)CCC1=O. The Bertz CT molecular complexity index is 432. The molecule has 1 aliphatic heterocycles. The van der Waals surface area contributed by atoms with Crippen LogP contribution in [0.5, 0.6) is 0 Å². The van der Waals surface area contributed by atoms with Crippen molar-refractivity contribution in [3.63, 3.8) is 0 Å². The Balaban J connectivity index is 2.30. The third kappa shape index (κ3) is 2.52. The lowest BCUT2D eigenvalue weighted by molar-refractivity contribution is -0.129. The van der Waals surface area contributed by atoms with E-state index in [1.807, 2.05) is 31.3 Å². The average molecular weight is 267 g/mol. The summed E-state index contributed by atoms with van der Waals surface area (Å²) in [5.74, 6) is 0.208. The highest BCUT2D eigenvalue weighted by Gasteiger charge is 2.34. The Labute approximate surface area is 113 Å². The van der Waals surface area contributed by atoms with Crippen molar-refractivity contribution in [1.82, 2.24) is 4.90 Å². The van der Waals surface area contributed by atoms with Gasteiger partial charge in [0, 0.05) is 37.0 Å². The molecule has 0 aromatic heterocycles. The van der Waals surface area contributed by atoms with Gasteiger partial charge in [-0.2, -0.15) is 0 Å². The number of likely N-dealkylation sites (tertiary alicyclic amines) is 1. The highest BCUT2D eigenvalue weighted by Crippen LogP contribution is 2.35. The summed E-state index contributed by atoms with van der Waals surface area (Å²) < 4.78 is 0. The first-order chi connectivity index (χ1) is 8.57. The van der Waals surface area contributed by atoms with Gasteiger partial charge in [-0.05, 0) is 30.5 Å². The van der Waals surface area contributed by atoms with Gasteiger partial charge < -0.3 is 10.6 Å². The van der Waals surface area contributed by atoms with Crippen molar-refractivity contribution >= 4 is 17.5 Å². The molecule has 1 atom stereocenters. The number of hydrogen-bond donors (Lipinski definition) is 1. The minimum absolute atomic E-state index is 0.0923. The number of benzene rings is 1. The van der Waals surface area contributed by atoms with E-state index in [1.54, 1.807) is 4.90 Å². The quantitative estimate of drug-likeness (QED) is 0.892. The molecule has 98 valence electrons. The molecule has 1 heterocycles. The standard InChI is InChI=1S/C14H19ClN2O/c1-17-9-8-14(10-16,7-6-13(17)18)11-2-4-12(15)5-3-11/h2-5H,6-10,16H2,1H3. The van der Waals surface area contributed by atoms with Crippen LogP contribution in [0.2, 0.25) is 5.02 Å². The zero-order chi connectivity index (χ0) is 13.2. The van der Waals surface area contributed by atoms with Crippen LogP contribution in [0.4, 0.5) is 0 Å². The van der Waals surface area contributed by atoms with E-state index >= 15 is 0 Å². The highest BCUT2D eigenvalue weighted by molar-refractivity contribution is 6.30. The topological polar surface area (TPSA) is 46.3 Å². The number of nitrogens with zero attached hydrogens (tertiary/aromatic N) is 1. The normalized spacial score (nSPS) is 25.1. The summed E-state index contributed by atoms with van der Waals surface area (Å²) in [4.78, 5) is 13.6. The smallest absolute Gasteiger partial charge is 0.222 e. The van der Waals surface area contributed by atoms with Gasteiger partial charge in [-0.3, -0.25) is 4.79 Å². The maximum atomic E-state index is 11.8. The zero-order valence-electron chi connectivity index (χ0n) is 10.7. The zero-order valence-corrected chi connectivity index (χ0v) is 11.4. The molecule has 0 bridgehead atoms. The molecule has 4 heteroatoms. The van der Waals surface area contributed by atoms with E-state index in [9.17, 15) is 4.79 Å². The van der Waals surface area contributed by atoms with Crippen molar-refractivity contribution in [2.24, 2.45) is 5.73 Å². The van der Waals surface area contributed by atoms with Crippen LogP contribution in [-0.4, -0.2) is 30.9 Å².